The highest BCUT2D eigenvalue weighted by Crippen LogP contribution is 2.16. The molecule has 3 rings (SSSR count). The maximum absolute atomic E-state index is 4.33. The van der Waals surface area contributed by atoms with Crippen molar-refractivity contribution in [1.29, 1.82) is 0 Å². The van der Waals surface area contributed by atoms with Gasteiger partial charge in [-0.15, -0.1) is 0 Å². The molecule has 0 aromatic carbocycles. The van der Waals surface area contributed by atoms with Crippen molar-refractivity contribution < 1.29 is 0 Å². The Kier molecular flexibility index (Phi) is 2.87. The molecule has 0 spiro atoms. The fourth-order valence-corrected chi connectivity index (χ4v) is 2.52. The van der Waals surface area contributed by atoms with Gasteiger partial charge in [0.2, 0.25) is 0 Å². The van der Waals surface area contributed by atoms with Crippen LogP contribution in [0, 0.1) is 6.92 Å². The summed E-state index contributed by atoms with van der Waals surface area (Å²) in [4.78, 5) is 10.9. The Balaban J connectivity index is 1.79. The number of hydrogen-bond acceptors (Lipinski definition) is 5. The van der Waals surface area contributed by atoms with Crippen LogP contribution in [0.5, 0.6) is 0 Å². The quantitative estimate of drug-likeness (QED) is 0.873. The van der Waals surface area contributed by atoms with Crippen LogP contribution in [0.1, 0.15) is 18.5 Å². The van der Waals surface area contributed by atoms with Crippen LogP contribution in [0.2, 0.25) is 0 Å². The van der Waals surface area contributed by atoms with E-state index in [1.807, 2.05) is 13.0 Å². The van der Waals surface area contributed by atoms with E-state index in [1.165, 1.54) is 25.7 Å². The van der Waals surface area contributed by atoms with Crippen molar-refractivity contribution in [3.63, 3.8) is 0 Å². The molecule has 6 nitrogen and oxygen atoms in total. The summed E-state index contributed by atoms with van der Waals surface area (Å²) in [5.74, 6) is 1.62. The van der Waals surface area contributed by atoms with E-state index in [4.69, 9.17) is 0 Å². The van der Waals surface area contributed by atoms with Crippen LogP contribution in [0.15, 0.2) is 12.4 Å². The Bertz CT molecular complexity index is 548. The van der Waals surface area contributed by atoms with Gasteiger partial charge < -0.3 is 10.2 Å². The van der Waals surface area contributed by atoms with Crippen molar-refractivity contribution in [2.45, 2.75) is 25.8 Å². The number of nitrogens with one attached hydrogen (secondary N) is 1. The molecule has 18 heavy (non-hydrogen) atoms. The molecule has 0 radical (unpaired) electrons. The number of likely N-dealkylation sites (tertiary alicyclic amines) is 1. The second-order valence-corrected chi connectivity index (χ2v) is 4.91. The number of aryl methyl sites for hydroxylation is 1. The van der Waals surface area contributed by atoms with Crippen molar-refractivity contribution in [2.75, 3.05) is 25.5 Å². The molecule has 1 atom stereocenters. The van der Waals surface area contributed by atoms with Gasteiger partial charge in [0.1, 0.15) is 12.1 Å². The standard InChI is InChI=1S/C12H18N6/c1-9-6-11(18-12(16-9)14-8-15-18)13-7-10-4-3-5-17(10)2/h6,8,10,13H,3-5,7H2,1-2H3. The van der Waals surface area contributed by atoms with Crippen LogP contribution < -0.4 is 5.32 Å². The molecule has 1 fully saturated rings. The number of anilines is 1. The van der Waals surface area contributed by atoms with Gasteiger partial charge in [0.15, 0.2) is 0 Å². The van der Waals surface area contributed by atoms with Gasteiger partial charge in [-0.05, 0) is 33.4 Å². The molecule has 2 aromatic rings. The van der Waals surface area contributed by atoms with Crippen LogP contribution in [0.3, 0.4) is 0 Å². The summed E-state index contributed by atoms with van der Waals surface area (Å²) >= 11 is 0. The minimum absolute atomic E-state index is 0.608. The van der Waals surface area contributed by atoms with Crippen molar-refractivity contribution in [2.24, 2.45) is 0 Å². The minimum atomic E-state index is 0.608. The molecule has 1 aliphatic heterocycles. The van der Waals surface area contributed by atoms with Crippen molar-refractivity contribution in [1.82, 2.24) is 24.5 Å². The number of likely N-dealkylation sites (N-methyl/N-ethyl adjacent to an activating group) is 1. The van der Waals surface area contributed by atoms with E-state index in [-0.39, 0.29) is 0 Å². The first-order chi connectivity index (χ1) is 8.74. The lowest BCUT2D eigenvalue weighted by Gasteiger charge is -2.20. The molecule has 3 heterocycles. The van der Waals surface area contributed by atoms with Gasteiger partial charge >= 0.3 is 0 Å². The first kappa shape index (κ1) is 11.4. The largest absolute Gasteiger partial charge is 0.368 e. The summed E-state index contributed by atoms with van der Waals surface area (Å²) in [7, 11) is 2.18. The minimum Gasteiger partial charge on any atom is -0.368 e. The highest BCUT2D eigenvalue weighted by Gasteiger charge is 2.20. The molecule has 1 saturated heterocycles. The molecule has 0 bridgehead atoms. The molecule has 6 heteroatoms. The molecular formula is C12H18N6. The summed E-state index contributed by atoms with van der Waals surface area (Å²) in [6.45, 7) is 4.11. The topological polar surface area (TPSA) is 58.4 Å². The summed E-state index contributed by atoms with van der Waals surface area (Å²) in [6, 6.07) is 2.62. The normalized spacial score (nSPS) is 20.7. The average Bonchev–Trinajstić information content (AvgIpc) is 2.94. The van der Waals surface area contributed by atoms with Gasteiger partial charge in [-0.2, -0.15) is 14.6 Å². The second-order valence-electron chi connectivity index (χ2n) is 4.91. The fraction of sp³-hybridized carbons (Fsp3) is 0.583. The maximum atomic E-state index is 4.33. The Morgan fingerprint density at radius 1 is 1.50 bits per heavy atom. The summed E-state index contributed by atoms with van der Waals surface area (Å²) in [5, 5.41) is 7.66. The summed E-state index contributed by atoms with van der Waals surface area (Å²) in [6.07, 6.45) is 4.08. The monoisotopic (exact) mass is 246 g/mol. The second kappa shape index (κ2) is 4.53. The fourth-order valence-electron chi connectivity index (χ4n) is 2.52. The van der Waals surface area contributed by atoms with Crippen molar-refractivity contribution in [3.8, 4) is 0 Å². The van der Waals surface area contributed by atoms with Crippen LogP contribution in [0.25, 0.3) is 5.78 Å². The zero-order chi connectivity index (χ0) is 12.5. The molecule has 96 valence electrons. The highest BCUT2D eigenvalue weighted by molar-refractivity contribution is 5.44. The molecule has 1 unspecified atom stereocenters. The molecule has 0 amide bonds. The number of hydrogen-bond donors (Lipinski definition) is 1. The van der Waals surface area contributed by atoms with E-state index in [0.29, 0.717) is 11.8 Å². The average molecular weight is 246 g/mol. The third-order valence-electron chi connectivity index (χ3n) is 3.57. The lowest BCUT2D eigenvalue weighted by Crippen LogP contribution is -2.32. The highest BCUT2D eigenvalue weighted by atomic mass is 15.4. The maximum Gasteiger partial charge on any atom is 0.254 e. The van der Waals surface area contributed by atoms with Crippen LogP contribution in [-0.4, -0.2) is 50.7 Å². The predicted molar refractivity (Wildman–Crippen MR) is 69.7 cm³/mol. The molecule has 1 aliphatic rings. The SMILES string of the molecule is Cc1cc(NCC2CCCN2C)n2ncnc2n1. The van der Waals surface area contributed by atoms with E-state index in [1.54, 1.807) is 4.52 Å². The summed E-state index contributed by atoms with van der Waals surface area (Å²) < 4.78 is 1.75. The third kappa shape index (κ3) is 2.03. The Labute approximate surface area is 106 Å². The molecule has 2 aromatic heterocycles. The Morgan fingerprint density at radius 2 is 2.39 bits per heavy atom. The van der Waals surface area contributed by atoms with Gasteiger partial charge in [-0.25, -0.2) is 4.98 Å². The number of aromatic nitrogens is 4. The third-order valence-corrected chi connectivity index (χ3v) is 3.57. The first-order valence-electron chi connectivity index (χ1n) is 6.35. The zero-order valence-corrected chi connectivity index (χ0v) is 10.8. The Morgan fingerprint density at radius 3 is 3.17 bits per heavy atom. The van der Waals surface area contributed by atoms with Crippen LogP contribution in [0.4, 0.5) is 5.82 Å². The number of rotatable bonds is 3. The van der Waals surface area contributed by atoms with E-state index in [2.05, 4.69) is 32.3 Å². The van der Waals surface area contributed by atoms with E-state index < -0.39 is 0 Å². The zero-order valence-electron chi connectivity index (χ0n) is 10.8. The predicted octanol–water partition coefficient (Wildman–Crippen LogP) is 0.939. The molecule has 0 aliphatic carbocycles. The van der Waals surface area contributed by atoms with Crippen molar-refractivity contribution >= 4 is 11.6 Å². The van der Waals surface area contributed by atoms with Gasteiger partial charge in [0.05, 0.1) is 0 Å². The number of nitrogens with zero attached hydrogens (tertiary/aromatic N) is 5. The van der Waals surface area contributed by atoms with E-state index in [0.717, 1.165) is 18.1 Å². The lowest BCUT2D eigenvalue weighted by atomic mass is 10.2. The van der Waals surface area contributed by atoms with E-state index in [9.17, 15) is 0 Å². The smallest absolute Gasteiger partial charge is 0.254 e. The first-order valence-corrected chi connectivity index (χ1v) is 6.35. The van der Waals surface area contributed by atoms with Gasteiger partial charge in [-0.3, -0.25) is 0 Å². The van der Waals surface area contributed by atoms with Crippen molar-refractivity contribution in [3.05, 3.63) is 18.1 Å². The van der Waals surface area contributed by atoms with Crippen LogP contribution in [-0.2, 0) is 0 Å². The van der Waals surface area contributed by atoms with Gasteiger partial charge in [0, 0.05) is 24.3 Å². The van der Waals surface area contributed by atoms with Gasteiger partial charge in [-0.1, -0.05) is 0 Å². The molecule has 1 N–H and O–H groups in total. The molecular weight excluding hydrogens is 228 g/mol. The molecule has 0 saturated carbocycles. The van der Waals surface area contributed by atoms with Gasteiger partial charge in [0.25, 0.3) is 5.78 Å². The van der Waals surface area contributed by atoms with E-state index >= 15 is 0 Å². The summed E-state index contributed by atoms with van der Waals surface area (Å²) in [5.41, 5.74) is 0.956. The Hall–Kier alpha value is -1.69. The van der Waals surface area contributed by atoms with Crippen LogP contribution >= 0.6 is 0 Å². The number of fused-ring (bicyclic) bond motifs is 1. The lowest BCUT2D eigenvalue weighted by molar-refractivity contribution is 0.322.